The number of pyridine rings is 2. The second-order valence-electron chi connectivity index (χ2n) is 12.6. The molecule has 4 aliphatic carbocycles. The first-order chi connectivity index (χ1) is 20.0. The number of rotatable bonds is 4. The molecule has 2 saturated carbocycles. The van der Waals surface area contributed by atoms with Crippen molar-refractivity contribution in [3.63, 3.8) is 0 Å². The van der Waals surface area contributed by atoms with Crippen LogP contribution in [0, 0.1) is 29.8 Å². The summed E-state index contributed by atoms with van der Waals surface area (Å²) in [6.07, 6.45) is 9.47. The maximum Gasteiger partial charge on any atom is 0.356 e. The lowest BCUT2D eigenvalue weighted by Crippen LogP contribution is -2.18. The number of nitrogens with two attached hydrogens (primary N) is 1. The van der Waals surface area contributed by atoms with E-state index in [-0.39, 0.29) is 5.69 Å². The Morgan fingerprint density at radius 3 is 1.74 bits per heavy atom. The molecule has 216 valence electrons. The maximum absolute atomic E-state index is 11.7. The lowest BCUT2D eigenvalue weighted by Gasteiger charge is -2.19. The molecule has 0 saturated heterocycles. The number of aromatic nitrogens is 6. The van der Waals surface area contributed by atoms with Crippen LogP contribution in [0.4, 0.5) is 0 Å². The Kier molecular flexibility index (Phi) is 6.53. The van der Waals surface area contributed by atoms with Gasteiger partial charge >= 0.3 is 5.97 Å². The molecule has 4 aromatic rings. The number of carboxylic acid groups (broad SMARTS) is 1. The zero-order chi connectivity index (χ0) is 29.6. The van der Waals surface area contributed by atoms with Gasteiger partial charge in [0.2, 0.25) is 0 Å². The Bertz CT molecular complexity index is 1670. The third-order valence-electron chi connectivity index (χ3n) is 9.58. The molecule has 10 nitrogen and oxygen atoms in total. The van der Waals surface area contributed by atoms with Gasteiger partial charge in [0, 0.05) is 30.7 Å². The molecular weight excluding hydrogens is 760 g/mol. The number of fused-ring (bicyclic) bond motifs is 4. The van der Waals surface area contributed by atoms with Gasteiger partial charge in [0.05, 0.1) is 11.4 Å². The molecule has 0 aromatic carbocycles. The predicted octanol–water partition coefficient (Wildman–Crippen LogP) is 4.79. The van der Waals surface area contributed by atoms with E-state index in [9.17, 15) is 14.7 Å². The third-order valence-corrected chi connectivity index (χ3v) is 10.9. The number of carboxylic acids is 1. The molecule has 42 heavy (non-hydrogen) atoms. The lowest BCUT2D eigenvalue weighted by atomic mass is 9.87. The van der Waals surface area contributed by atoms with Gasteiger partial charge in [-0.25, -0.2) is 24.1 Å². The van der Waals surface area contributed by atoms with Gasteiger partial charge in [-0.05, 0) is 131 Å². The van der Waals surface area contributed by atoms with Crippen LogP contribution >= 0.6 is 45.2 Å². The standard InChI is InChI=1S/C15H15IN4O.C15H14IN3O2/c1-15-6-8(15)4-10-11(7-15)20(19-13(10)14(17)21)12-5-9(16)2-3-18-12;1-15-6-8(15)4-10-11(7-15)19(18-13(10)14(20)21)12-5-9(16)2-3-17-12/h2-3,5,8H,4,6-7H2,1H3,(H2,17,21);2-3,5,8H,4,6-7H2,1H3,(H,20,21)/t2*8-,15-/m11/s1. The SMILES string of the molecule is C[C@@]12Cc3c(c(C(=O)O)nn3-c3cc(I)ccn3)C[C@@H]1C2.C[C@@]12Cc3c(c(C(N)=O)nn3-c3cc(I)ccn3)C[C@@H]1C2. The van der Waals surface area contributed by atoms with Crippen LogP contribution in [-0.4, -0.2) is 46.5 Å². The summed E-state index contributed by atoms with van der Waals surface area (Å²) >= 11 is 4.48. The van der Waals surface area contributed by atoms with E-state index in [4.69, 9.17) is 5.73 Å². The van der Waals surface area contributed by atoms with Gasteiger partial charge in [-0.2, -0.15) is 10.2 Å². The summed E-state index contributed by atoms with van der Waals surface area (Å²) in [6.45, 7) is 4.59. The van der Waals surface area contributed by atoms with Crippen molar-refractivity contribution in [1.29, 1.82) is 0 Å². The van der Waals surface area contributed by atoms with Crippen LogP contribution < -0.4 is 5.73 Å². The summed E-state index contributed by atoms with van der Waals surface area (Å²) in [7, 11) is 0. The summed E-state index contributed by atoms with van der Waals surface area (Å²) in [5.41, 5.74) is 10.9. The molecule has 0 spiro atoms. The minimum absolute atomic E-state index is 0.194. The Morgan fingerprint density at radius 2 is 1.31 bits per heavy atom. The van der Waals surface area contributed by atoms with Crippen molar-refractivity contribution in [2.75, 3.05) is 0 Å². The molecule has 4 heterocycles. The second-order valence-corrected chi connectivity index (χ2v) is 15.1. The van der Waals surface area contributed by atoms with Crippen molar-refractivity contribution < 1.29 is 14.7 Å². The molecule has 4 aliphatic rings. The molecule has 8 rings (SSSR count). The quantitative estimate of drug-likeness (QED) is 0.284. The normalized spacial score (nSPS) is 26.1. The summed E-state index contributed by atoms with van der Waals surface area (Å²) in [5.74, 6) is 1.36. The number of primary amides is 1. The number of carbonyl (C=O) groups is 2. The zero-order valence-corrected chi connectivity index (χ0v) is 27.5. The van der Waals surface area contributed by atoms with Gasteiger partial charge in [0.15, 0.2) is 23.0 Å². The van der Waals surface area contributed by atoms with Crippen molar-refractivity contribution in [2.24, 2.45) is 28.4 Å². The summed E-state index contributed by atoms with van der Waals surface area (Å²) < 4.78 is 5.71. The average Bonchev–Trinajstić information content (AvgIpc) is 3.68. The molecule has 1 amide bonds. The number of amides is 1. The smallest absolute Gasteiger partial charge is 0.356 e. The molecule has 3 N–H and O–H groups in total. The van der Waals surface area contributed by atoms with Crippen LogP contribution in [0.2, 0.25) is 0 Å². The molecule has 0 aliphatic heterocycles. The third kappa shape index (κ3) is 4.74. The van der Waals surface area contributed by atoms with E-state index in [1.165, 1.54) is 12.8 Å². The number of aromatic carboxylic acids is 1. The molecule has 4 aromatic heterocycles. The highest BCUT2D eigenvalue weighted by atomic mass is 127. The lowest BCUT2D eigenvalue weighted by molar-refractivity contribution is 0.0688. The minimum atomic E-state index is -0.945. The largest absolute Gasteiger partial charge is 0.476 e. The Morgan fingerprint density at radius 1 is 0.857 bits per heavy atom. The molecular formula is C30H29I2N7O3. The Balaban J connectivity index is 0.000000137. The number of hydrogen-bond donors (Lipinski definition) is 2. The first kappa shape index (κ1) is 27.9. The van der Waals surface area contributed by atoms with Gasteiger partial charge in [-0.15, -0.1) is 0 Å². The summed E-state index contributed by atoms with van der Waals surface area (Å²) in [6, 6.07) is 7.75. The fourth-order valence-electron chi connectivity index (χ4n) is 6.87. The van der Waals surface area contributed by atoms with Crippen LogP contribution in [0.5, 0.6) is 0 Å². The maximum atomic E-state index is 11.7. The van der Waals surface area contributed by atoms with Crippen LogP contribution in [0.1, 0.15) is 70.2 Å². The predicted molar refractivity (Wildman–Crippen MR) is 171 cm³/mol. The molecule has 2 fully saturated rings. The molecule has 0 bridgehead atoms. The molecule has 4 atom stereocenters. The van der Waals surface area contributed by atoms with Crippen molar-refractivity contribution in [1.82, 2.24) is 29.5 Å². The van der Waals surface area contributed by atoms with E-state index in [2.05, 4.69) is 79.2 Å². The highest BCUT2D eigenvalue weighted by Gasteiger charge is 2.55. The van der Waals surface area contributed by atoms with Crippen molar-refractivity contribution >= 4 is 57.1 Å². The molecule has 0 radical (unpaired) electrons. The van der Waals surface area contributed by atoms with Crippen molar-refractivity contribution in [2.45, 2.75) is 52.4 Å². The van der Waals surface area contributed by atoms with E-state index in [1.807, 2.05) is 28.9 Å². The number of nitrogens with zero attached hydrogens (tertiary/aromatic N) is 6. The minimum Gasteiger partial charge on any atom is -0.476 e. The number of carbonyl (C=O) groups excluding carboxylic acids is 1. The van der Waals surface area contributed by atoms with Crippen molar-refractivity contribution in [3.8, 4) is 11.6 Å². The van der Waals surface area contributed by atoms with Gasteiger partial charge in [-0.3, -0.25) is 4.79 Å². The fourth-order valence-corrected chi connectivity index (χ4v) is 7.74. The fraction of sp³-hybridized carbons (Fsp3) is 0.400. The van der Waals surface area contributed by atoms with E-state index in [1.54, 1.807) is 17.1 Å². The van der Waals surface area contributed by atoms with Crippen molar-refractivity contribution in [3.05, 3.63) is 77.7 Å². The average molecular weight is 789 g/mol. The van der Waals surface area contributed by atoms with Gasteiger partial charge in [-0.1, -0.05) is 13.8 Å². The van der Waals surface area contributed by atoms with E-state index in [0.29, 0.717) is 34.2 Å². The topological polar surface area (TPSA) is 142 Å². The first-order valence-corrected chi connectivity index (χ1v) is 16.1. The van der Waals surface area contributed by atoms with Crippen LogP contribution in [0.15, 0.2) is 36.7 Å². The highest BCUT2D eigenvalue weighted by molar-refractivity contribution is 14.1. The van der Waals surface area contributed by atoms with Gasteiger partial charge in [0.1, 0.15) is 0 Å². The van der Waals surface area contributed by atoms with Gasteiger partial charge < -0.3 is 10.8 Å². The second kappa shape index (κ2) is 9.82. The highest BCUT2D eigenvalue weighted by Crippen LogP contribution is 2.60. The van der Waals surface area contributed by atoms with E-state index >= 15 is 0 Å². The Hall–Kier alpha value is -2.88. The first-order valence-electron chi connectivity index (χ1n) is 13.9. The number of hydrogen-bond acceptors (Lipinski definition) is 6. The summed E-state index contributed by atoms with van der Waals surface area (Å²) in [4.78, 5) is 31.9. The monoisotopic (exact) mass is 789 g/mol. The van der Waals surface area contributed by atoms with Gasteiger partial charge in [0.25, 0.3) is 5.91 Å². The van der Waals surface area contributed by atoms with Crippen LogP contribution in [-0.2, 0) is 25.7 Å². The Labute approximate surface area is 269 Å². The number of halogens is 2. The molecule has 0 unspecified atom stereocenters. The summed E-state index contributed by atoms with van der Waals surface area (Å²) in [5, 5.41) is 18.2. The van der Waals surface area contributed by atoms with Crippen LogP contribution in [0.25, 0.3) is 11.6 Å². The van der Waals surface area contributed by atoms with Crippen LogP contribution in [0.3, 0.4) is 0 Å². The van der Waals surface area contributed by atoms with E-state index in [0.717, 1.165) is 61.2 Å². The zero-order valence-electron chi connectivity index (χ0n) is 23.1. The molecule has 12 heteroatoms. The van der Waals surface area contributed by atoms with E-state index < -0.39 is 11.9 Å².